The van der Waals surface area contributed by atoms with Gasteiger partial charge in [0.1, 0.15) is 0 Å². The molecule has 6 heteroatoms. The van der Waals surface area contributed by atoms with Crippen molar-refractivity contribution in [2.75, 3.05) is 46.5 Å². The normalized spacial score (nSPS) is 17.0. The van der Waals surface area contributed by atoms with E-state index in [4.69, 9.17) is 14.5 Å². The topological polar surface area (TPSA) is 46.1 Å². The largest absolute Gasteiger partial charge is 0.385 e. The first kappa shape index (κ1) is 24.2. The van der Waals surface area contributed by atoms with Crippen molar-refractivity contribution >= 4 is 29.9 Å². The highest BCUT2D eigenvalue weighted by atomic mass is 127. The van der Waals surface area contributed by atoms with Gasteiger partial charge in [-0.25, -0.2) is 0 Å². The van der Waals surface area contributed by atoms with Crippen molar-refractivity contribution < 1.29 is 9.47 Å². The molecule has 0 amide bonds. The Morgan fingerprint density at radius 1 is 1.22 bits per heavy atom. The third-order valence-corrected chi connectivity index (χ3v) is 4.65. The quantitative estimate of drug-likeness (QED) is 0.222. The summed E-state index contributed by atoms with van der Waals surface area (Å²) in [4.78, 5) is 7.19. The Morgan fingerprint density at radius 2 is 2.04 bits per heavy atom. The van der Waals surface area contributed by atoms with Gasteiger partial charge in [-0.1, -0.05) is 30.3 Å². The number of hydrogen-bond donors (Lipinski definition) is 1. The Labute approximate surface area is 181 Å². The van der Waals surface area contributed by atoms with Crippen molar-refractivity contribution in [2.24, 2.45) is 10.9 Å². The Morgan fingerprint density at radius 3 is 2.78 bits per heavy atom. The number of likely N-dealkylation sites (tertiary alicyclic amines) is 1. The van der Waals surface area contributed by atoms with Gasteiger partial charge in [0.2, 0.25) is 0 Å². The Hall–Kier alpha value is -0.860. The highest BCUT2D eigenvalue weighted by Crippen LogP contribution is 2.17. The smallest absolute Gasteiger partial charge is 0.193 e. The van der Waals surface area contributed by atoms with Crippen LogP contribution in [0.1, 0.15) is 38.2 Å². The average Bonchev–Trinajstić information content (AvgIpc) is 3.13. The molecule has 0 saturated carbocycles. The monoisotopic (exact) mass is 489 g/mol. The van der Waals surface area contributed by atoms with Gasteiger partial charge in [-0.05, 0) is 38.2 Å². The van der Waals surface area contributed by atoms with Crippen LogP contribution in [-0.2, 0) is 16.1 Å². The van der Waals surface area contributed by atoms with Crippen molar-refractivity contribution in [2.45, 2.75) is 39.2 Å². The van der Waals surface area contributed by atoms with Gasteiger partial charge in [0, 0.05) is 45.8 Å². The molecular formula is C21H36IN3O2. The highest BCUT2D eigenvalue weighted by Gasteiger charge is 2.24. The van der Waals surface area contributed by atoms with E-state index in [2.05, 4.69) is 41.4 Å². The number of nitrogens with one attached hydrogen (secondary N) is 1. The highest BCUT2D eigenvalue weighted by molar-refractivity contribution is 14.0. The van der Waals surface area contributed by atoms with Crippen LogP contribution in [0, 0.1) is 5.92 Å². The average molecular weight is 489 g/mol. The number of halogens is 1. The molecule has 2 rings (SSSR count). The third kappa shape index (κ3) is 9.76. The molecule has 5 nitrogen and oxygen atoms in total. The van der Waals surface area contributed by atoms with Crippen LogP contribution in [0.15, 0.2) is 35.3 Å². The fraction of sp³-hybridized carbons (Fsp3) is 0.667. The maximum absolute atomic E-state index is 5.93. The summed E-state index contributed by atoms with van der Waals surface area (Å²) in [5.41, 5.74) is 1.24. The van der Waals surface area contributed by atoms with Gasteiger partial charge in [0.15, 0.2) is 5.96 Å². The molecule has 1 heterocycles. The van der Waals surface area contributed by atoms with Gasteiger partial charge in [0.05, 0.1) is 13.2 Å². The standard InChI is InChI=1S/C21H35N3O2.HI/c1-3-22-21(23-13-8-5-9-15-25-2)24-14-12-20(16-24)18-26-17-19-10-6-4-7-11-19;/h4,6-7,10-11,20H,3,5,8-9,12-18H2,1-2H3,(H,22,23);1H. The van der Waals surface area contributed by atoms with Gasteiger partial charge in [-0.15, -0.1) is 24.0 Å². The minimum atomic E-state index is 0. The molecule has 0 bridgehead atoms. The maximum atomic E-state index is 5.93. The molecule has 154 valence electrons. The fourth-order valence-corrected chi connectivity index (χ4v) is 3.22. The van der Waals surface area contributed by atoms with E-state index in [9.17, 15) is 0 Å². The zero-order valence-corrected chi connectivity index (χ0v) is 19.2. The summed E-state index contributed by atoms with van der Waals surface area (Å²) in [6.07, 6.45) is 4.59. The molecule has 0 aliphatic carbocycles. The molecular weight excluding hydrogens is 453 g/mol. The van der Waals surface area contributed by atoms with Crippen LogP contribution in [0.5, 0.6) is 0 Å². The van der Waals surface area contributed by atoms with Gasteiger partial charge in [-0.3, -0.25) is 4.99 Å². The number of benzene rings is 1. The number of methoxy groups -OCH3 is 1. The molecule has 0 spiro atoms. The van der Waals surface area contributed by atoms with Crippen LogP contribution in [0.4, 0.5) is 0 Å². The second-order valence-corrected chi connectivity index (χ2v) is 6.89. The lowest BCUT2D eigenvalue weighted by Crippen LogP contribution is -2.40. The molecule has 0 aromatic heterocycles. The number of rotatable bonds is 11. The Kier molecular flexibility index (Phi) is 13.5. The molecule has 1 atom stereocenters. The first-order valence-electron chi connectivity index (χ1n) is 9.97. The van der Waals surface area contributed by atoms with Crippen molar-refractivity contribution in [3.8, 4) is 0 Å². The van der Waals surface area contributed by atoms with Crippen molar-refractivity contribution in [1.29, 1.82) is 0 Å². The fourth-order valence-electron chi connectivity index (χ4n) is 3.22. The van der Waals surface area contributed by atoms with Gasteiger partial charge in [0.25, 0.3) is 0 Å². The summed E-state index contributed by atoms with van der Waals surface area (Å²) >= 11 is 0. The number of unbranched alkanes of at least 4 members (excludes halogenated alkanes) is 2. The summed E-state index contributed by atoms with van der Waals surface area (Å²) in [7, 11) is 1.76. The Balaban J connectivity index is 0.00000364. The zero-order chi connectivity index (χ0) is 18.5. The van der Waals surface area contributed by atoms with Crippen molar-refractivity contribution in [3.05, 3.63) is 35.9 Å². The third-order valence-electron chi connectivity index (χ3n) is 4.65. The van der Waals surface area contributed by atoms with Gasteiger partial charge in [-0.2, -0.15) is 0 Å². The van der Waals surface area contributed by atoms with E-state index >= 15 is 0 Å². The summed E-state index contributed by atoms with van der Waals surface area (Å²) in [6, 6.07) is 10.4. The molecule has 1 saturated heterocycles. The minimum absolute atomic E-state index is 0. The second-order valence-electron chi connectivity index (χ2n) is 6.89. The van der Waals surface area contributed by atoms with Crippen LogP contribution in [-0.4, -0.2) is 57.4 Å². The van der Waals surface area contributed by atoms with Crippen LogP contribution >= 0.6 is 24.0 Å². The Bertz CT molecular complexity index is 513. The number of hydrogen-bond acceptors (Lipinski definition) is 3. The molecule has 0 radical (unpaired) electrons. The number of guanidine groups is 1. The lowest BCUT2D eigenvalue weighted by atomic mass is 10.1. The zero-order valence-electron chi connectivity index (χ0n) is 16.9. The van der Waals surface area contributed by atoms with Crippen LogP contribution < -0.4 is 5.32 Å². The lowest BCUT2D eigenvalue weighted by molar-refractivity contribution is 0.0907. The van der Waals surface area contributed by atoms with E-state index in [0.29, 0.717) is 12.5 Å². The molecule has 1 unspecified atom stereocenters. The molecule has 27 heavy (non-hydrogen) atoms. The lowest BCUT2D eigenvalue weighted by Gasteiger charge is -2.21. The van der Waals surface area contributed by atoms with E-state index in [1.54, 1.807) is 7.11 Å². The SMILES string of the molecule is CCNC(=NCCCCCOC)N1CCC(COCc2ccccc2)C1.I. The molecule has 1 aromatic rings. The van der Waals surface area contributed by atoms with E-state index in [0.717, 1.165) is 58.2 Å². The van der Waals surface area contributed by atoms with E-state index < -0.39 is 0 Å². The first-order valence-corrected chi connectivity index (χ1v) is 9.97. The predicted octanol–water partition coefficient (Wildman–Crippen LogP) is 3.93. The summed E-state index contributed by atoms with van der Waals surface area (Å²) < 4.78 is 11.0. The number of ether oxygens (including phenoxy) is 2. The van der Waals surface area contributed by atoms with Crippen LogP contribution in [0.3, 0.4) is 0 Å². The van der Waals surface area contributed by atoms with Crippen LogP contribution in [0.2, 0.25) is 0 Å². The van der Waals surface area contributed by atoms with Gasteiger partial charge < -0.3 is 19.7 Å². The molecule has 1 aliphatic rings. The van der Waals surface area contributed by atoms with Crippen molar-refractivity contribution in [3.63, 3.8) is 0 Å². The maximum Gasteiger partial charge on any atom is 0.193 e. The molecule has 1 aromatic carbocycles. The predicted molar refractivity (Wildman–Crippen MR) is 123 cm³/mol. The number of aliphatic imine (C=N–C) groups is 1. The summed E-state index contributed by atoms with van der Waals surface area (Å²) in [5.74, 6) is 1.65. The second kappa shape index (κ2) is 15.1. The van der Waals surface area contributed by atoms with E-state index in [-0.39, 0.29) is 24.0 Å². The van der Waals surface area contributed by atoms with Crippen LogP contribution in [0.25, 0.3) is 0 Å². The number of nitrogens with zero attached hydrogens (tertiary/aromatic N) is 2. The first-order chi connectivity index (χ1) is 12.8. The molecule has 1 aliphatic heterocycles. The summed E-state index contributed by atoms with van der Waals surface area (Å²) in [5, 5.41) is 3.44. The van der Waals surface area contributed by atoms with E-state index in [1.165, 1.54) is 18.4 Å². The minimum Gasteiger partial charge on any atom is -0.385 e. The molecule has 1 N–H and O–H groups in total. The molecule has 1 fully saturated rings. The van der Waals surface area contributed by atoms with E-state index in [1.807, 2.05) is 6.07 Å². The summed E-state index contributed by atoms with van der Waals surface area (Å²) in [6.45, 7) is 8.39. The van der Waals surface area contributed by atoms with Crippen molar-refractivity contribution in [1.82, 2.24) is 10.2 Å². The van der Waals surface area contributed by atoms with Gasteiger partial charge >= 0.3 is 0 Å².